The molecule has 0 bridgehead atoms. The summed E-state index contributed by atoms with van der Waals surface area (Å²) in [5, 5.41) is 6.66. The predicted octanol–water partition coefficient (Wildman–Crippen LogP) is 3.86. The Kier molecular flexibility index (Phi) is 11.3. The van der Waals surface area contributed by atoms with E-state index >= 15 is 0 Å². The summed E-state index contributed by atoms with van der Waals surface area (Å²) in [6.07, 6.45) is 4.25. The highest BCUT2D eigenvalue weighted by Crippen LogP contribution is 2.27. The first-order chi connectivity index (χ1) is 15.6. The van der Waals surface area contributed by atoms with Crippen molar-refractivity contribution < 1.29 is 14.3 Å². The molecule has 7 nitrogen and oxygen atoms in total. The fourth-order valence-electron chi connectivity index (χ4n) is 3.81. The zero-order valence-electron chi connectivity index (χ0n) is 19.7. The van der Waals surface area contributed by atoms with E-state index in [1.807, 2.05) is 47.4 Å². The van der Waals surface area contributed by atoms with Crippen molar-refractivity contribution in [3.8, 4) is 11.5 Å². The van der Waals surface area contributed by atoms with Crippen molar-refractivity contribution in [3.63, 3.8) is 0 Å². The van der Waals surface area contributed by atoms with Crippen molar-refractivity contribution in [1.29, 1.82) is 0 Å². The molecule has 0 atom stereocenters. The normalized spacial score (nSPS) is 13.7. The zero-order valence-corrected chi connectivity index (χ0v) is 22.1. The van der Waals surface area contributed by atoms with E-state index in [4.69, 9.17) is 9.47 Å². The molecule has 2 aromatic carbocycles. The smallest absolute Gasteiger partial charge is 0.253 e. The molecule has 0 saturated carbocycles. The van der Waals surface area contributed by atoms with Crippen molar-refractivity contribution in [2.24, 2.45) is 4.99 Å². The second-order valence-electron chi connectivity index (χ2n) is 7.84. The molecule has 0 unspecified atom stereocenters. The summed E-state index contributed by atoms with van der Waals surface area (Å²) in [6, 6.07) is 13.8. The zero-order chi connectivity index (χ0) is 22.8. The SMILES string of the molecule is CN=C(NCCc1ccc(OC)c(OC)c1)NCc1ccc(C(=O)N2CCCCC2)cc1.I. The number of nitrogens with zero attached hydrogens (tertiary/aromatic N) is 2. The molecule has 3 rings (SSSR count). The van der Waals surface area contributed by atoms with Crippen molar-refractivity contribution in [2.75, 3.05) is 40.9 Å². The first-order valence-corrected chi connectivity index (χ1v) is 11.2. The minimum Gasteiger partial charge on any atom is -0.493 e. The third-order valence-electron chi connectivity index (χ3n) is 5.68. The number of piperidine rings is 1. The van der Waals surface area contributed by atoms with E-state index in [2.05, 4.69) is 15.6 Å². The van der Waals surface area contributed by atoms with Gasteiger partial charge in [-0.1, -0.05) is 18.2 Å². The van der Waals surface area contributed by atoms with Gasteiger partial charge in [-0.15, -0.1) is 24.0 Å². The van der Waals surface area contributed by atoms with Gasteiger partial charge in [0.05, 0.1) is 14.2 Å². The molecule has 1 aliphatic rings. The fourth-order valence-corrected chi connectivity index (χ4v) is 3.81. The van der Waals surface area contributed by atoms with Crippen molar-refractivity contribution in [2.45, 2.75) is 32.2 Å². The number of aliphatic imine (C=N–C) groups is 1. The average molecular weight is 566 g/mol. The van der Waals surface area contributed by atoms with E-state index in [0.717, 1.165) is 73.0 Å². The number of methoxy groups -OCH3 is 2. The van der Waals surface area contributed by atoms with Gasteiger partial charge in [0, 0.05) is 38.8 Å². The van der Waals surface area contributed by atoms with Gasteiger partial charge in [-0.25, -0.2) is 0 Å². The lowest BCUT2D eigenvalue weighted by Gasteiger charge is -2.26. The second kappa shape index (κ2) is 13.9. The van der Waals surface area contributed by atoms with Gasteiger partial charge >= 0.3 is 0 Å². The molecule has 33 heavy (non-hydrogen) atoms. The number of benzene rings is 2. The van der Waals surface area contributed by atoms with Crippen LogP contribution in [0.5, 0.6) is 11.5 Å². The maximum Gasteiger partial charge on any atom is 0.253 e. The van der Waals surface area contributed by atoms with Crippen LogP contribution < -0.4 is 20.1 Å². The molecule has 1 fully saturated rings. The fraction of sp³-hybridized carbons (Fsp3) is 0.440. The van der Waals surface area contributed by atoms with Crippen LogP contribution in [0, 0.1) is 0 Å². The number of nitrogens with one attached hydrogen (secondary N) is 2. The van der Waals surface area contributed by atoms with E-state index in [-0.39, 0.29) is 29.9 Å². The molecule has 1 amide bonds. The van der Waals surface area contributed by atoms with Crippen LogP contribution in [0.3, 0.4) is 0 Å². The maximum absolute atomic E-state index is 12.6. The minimum absolute atomic E-state index is 0. The molecule has 2 N–H and O–H groups in total. The quantitative estimate of drug-likeness (QED) is 0.289. The topological polar surface area (TPSA) is 75.2 Å². The van der Waals surface area contributed by atoms with E-state index < -0.39 is 0 Å². The molecule has 0 spiro atoms. The summed E-state index contributed by atoms with van der Waals surface area (Å²) < 4.78 is 10.7. The van der Waals surface area contributed by atoms with Gasteiger partial charge in [0.1, 0.15) is 0 Å². The van der Waals surface area contributed by atoms with Gasteiger partial charge in [0.25, 0.3) is 5.91 Å². The van der Waals surface area contributed by atoms with Gasteiger partial charge in [0.2, 0.25) is 0 Å². The van der Waals surface area contributed by atoms with Crippen LogP contribution in [0.15, 0.2) is 47.5 Å². The number of halogens is 1. The lowest BCUT2D eigenvalue weighted by atomic mass is 10.1. The van der Waals surface area contributed by atoms with Crippen LogP contribution in [0.4, 0.5) is 0 Å². The lowest BCUT2D eigenvalue weighted by Crippen LogP contribution is -2.38. The molecule has 1 aliphatic heterocycles. The van der Waals surface area contributed by atoms with Gasteiger partial charge in [-0.3, -0.25) is 9.79 Å². The number of carbonyl (C=O) groups is 1. The predicted molar refractivity (Wildman–Crippen MR) is 143 cm³/mol. The molecular weight excluding hydrogens is 531 g/mol. The highest BCUT2D eigenvalue weighted by Gasteiger charge is 2.17. The molecule has 2 aromatic rings. The standard InChI is InChI=1S/C25H34N4O3.HI/c1-26-25(27-14-13-19-9-12-22(31-2)23(17-19)32-3)28-18-20-7-10-21(11-8-20)24(30)29-15-5-4-6-16-29;/h7-12,17H,4-6,13-16,18H2,1-3H3,(H2,26,27,28);1H. The number of hydrogen-bond acceptors (Lipinski definition) is 4. The average Bonchev–Trinajstić information content (AvgIpc) is 2.86. The Labute approximate surface area is 214 Å². The minimum atomic E-state index is 0. The lowest BCUT2D eigenvalue weighted by molar-refractivity contribution is 0.0724. The van der Waals surface area contributed by atoms with Gasteiger partial charge < -0.3 is 25.0 Å². The van der Waals surface area contributed by atoms with Crippen LogP contribution in [0.1, 0.15) is 40.7 Å². The summed E-state index contributed by atoms with van der Waals surface area (Å²) in [6.45, 7) is 3.10. The number of guanidine groups is 1. The summed E-state index contributed by atoms with van der Waals surface area (Å²) in [5.74, 6) is 2.33. The summed E-state index contributed by atoms with van der Waals surface area (Å²) in [5.41, 5.74) is 3.01. The first-order valence-electron chi connectivity index (χ1n) is 11.2. The Balaban J connectivity index is 0.00000385. The number of amides is 1. The summed E-state index contributed by atoms with van der Waals surface area (Å²) in [4.78, 5) is 18.9. The molecule has 0 aliphatic carbocycles. The van der Waals surface area contributed by atoms with E-state index in [1.54, 1.807) is 21.3 Å². The summed E-state index contributed by atoms with van der Waals surface area (Å²) >= 11 is 0. The Bertz CT molecular complexity index is 912. The van der Waals surface area contributed by atoms with Crippen LogP contribution >= 0.6 is 24.0 Å². The Hall–Kier alpha value is -2.49. The number of hydrogen-bond donors (Lipinski definition) is 2. The van der Waals surface area contributed by atoms with Crippen LogP contribution in [-0.2, 0) is 13.0 Å². The van der Waals surface area contributed by atoms with Crippen LogP contribution in [0.2, 0.25) is 0 Å². The van der Waals surface area contributed by atoms with E-state index in [9.17, 15) is 4.79 Å². The largest absolute Gasteiger partial charge is 0.493 e. The Morgan fingerprint density at radius 3 is 2.24 bits per heavy atom. The van der Waals surface area contributed by atoms with Crippen molar-refractivity contribution >= 4 is 35.8 Å². The third-order valence-corrected chi connectivity index (χ3v) is 5.68. The van der Waals surface area contributed by atoms with Gasteiger partial charge in [0.15, 0.2) is 17.5 Å². The van der Waals surface area contributed by atoms with Crippen LogP contribution in [-0.4, -0.2) is 57.7 Å². The Morgan fingerprint density at radius 1 is 0.939 bits per heavy atom. The number of carbonyl (C=O) groups excluding carboxylic acids is 1. The monoisotopic (exact) mass is 566 g/mol. The molecule has 8 heteroatoms. The number of rotatable bonds is 8. The Morgan fingerprint density at radius 2 is 1.61 bits per heavy atom. The van der Waals surface area contributed by atoms with E-state index in [0.29, 0.717) is 6.54 Å². The van der Waals surface area contributed by atoms with Gasteiger partial charge in [-0.05, 0) is 61.1 Å². The van der Waals surface area contributed by atoms with Crippen molar-refractivity contribution in [1.82, 2.24) is 15.5 Å². The molecule has 1 saturated heterocycles. The number of likely N-dealkylation sites (tertiary alicyclic amines) is 1. The maximum atomic E-state index is 12.6. The van der Waals surface area contributed by atoms with Crippen molar-refractivity contribution in [3.05, 3.63) is 59.2 Å². The molecule has 1 heterocycles. The van der Waals surface area contributed by atoms with E-state index in [1.165, 1.54) is 6.42 Å². The number of ether oxygens (including phenoxy) is 2. The highest BCUT2D eigenvalue weighted by atomic mass is 127. The van der Waals surface area contributed by atoms with Gasteiger partial charge in [-0.2, -0.15) is 0 Å². The molecular formula is C25H35IN4O3. The van der Waals surface area contributed by atoms with Crippen LogP contribution in [0.25, 0.3) is 0 Å². The molecule has 180 valence electrons. The first kappa shape index (κ1) is 26.8. The molecule has 0 radical (unpaired) electrons. The second-order valence-corrected chi connectivity index (χ2v) is 7.84. The highest BCUT2D eigenvalue weighted by molar-refractivity contribution is 14.0. The summed E-state index contributed by atoms with van der Waals surface area (Å²) in [7, 11) is 5.03. The molecule has 0 aromatic heterocycles. The third kappa shape index (κ3) is 7.80.